The first-order valence-corrected chi connectivity index (χ1v) is 11.9. The van der Waals surface area contributed by atoms with Gasteiger partial charge in [0.15, 0.2) is 0 Å². The highest BCUT2D eigenvalue weighted by molar-refractivity contribution is 6.19. The molecule has 38 heavy (non-hydrogen) atoms. The Labute approximate surface area is 211 Å². The van der Waals surface area contributed by atoms with Crippen LogP contribution in [0.4, 0.5) is 0 Å². The average molecular weight is 494 g/mol. The highest BCUT2D eigenvalue weighted by Gasteiger charge is 2.24. The summed E-state index contributed by atoms with van der Waals surface area (Å²) in [6, 6.07) is 17.6. The molecule has 0 amide bonds. The summed E-state index contributed by atoms with van der Waals surface area (Å²) in [5, 5.41) is 3.76. The van der Waals surface area contributed by atoms with Gasteiger partial charge < -0.3 is 8.83 Å². The molecule has 0 N–H and O–H groups in total. The van der Waals surface area contributed by atoms with Crippen molar-refractivity contribution >= 4 is 66.2 Å². The second-order valence-corrected chi connectivity index (χ2v) is 8.96. The molecule has 10 nitrogen and oxygen atoms in total. The van der Waals surface area contributed by atoms with Crippen LogP contribution in [0.3, 0.4) is 0 Å². The fourth-order valence-electron chi connectivity index (χ4n) is 5.41. The number of benzene rings is 2. The molecule has 2 aromatic carbocycles. The number of nitrogens with zero attached hydrogens (tertiary/aromatic N) is 8. The van der Waals surface area contributed by atoms with Gasteiger partial charge in [0.05, 0.1) is 34.2 Å². The predicted molar refractivity (Wildman–Crippen MR) is 141 cm³/mol. The minimum absolute atomic E-state index is 0.416. The van der Waals surface area contributed by atoms with Crippen LogP contribution in [0.5, 0.6) is 0 Å². The van der Waals surface area contributed by atoms with Gasteiger partial charge in [0.25, 0.3) is 0 Å². The summed E-state index contributed by atoms with van der Waals surface area (Å²) >= 11 is 0. The SMILES string of the molecule is c1ccc2c(c1)oc1c2c2ncncc2n1-c1ccnc(-n2c3cncnc3c3c4ccccc4oc32)n1. The van der Waals surface area contributed by atoms with E-state index < -0.39 is 0 Å². The minimum atomic E-state index is 0.416. The molecule has 0 atom stereocenters. The molecule has 0 bridgehead atoms. The van der Waals surface area contributed by atoms with E-state index in [0.717, 1.165) is 54.8 Å². The number of hydrogen-bond acceptors (Lipinski definition) is 8. The number of hydrogen-bond donors (Lipinski definition) is 0. The molecule has 0 saturated heterocycles. The van der Waals surface area contributed by atoms with Crippen LogP contribution in [0.15, 0.2) is 94.7 Å². The number of para-hydroxylation sites is 2. The molecule has 0 radical (unpaired) electrons. The smallest absolute Gasteiger partial charge is 0.239 e. The molecule has 0 aliphatic rings. The lowest BCUT2D eigenvalue weighted by molar-refractivity contribution is 0.638. The average Bonchev–Trinajstić information content (AvgIpc) is 3.69. The summed E-state index contributed by atoms with van der Waals surface area (Å²) in [5.74, 6) is 1.02. The van der Waals surface area contributed by atoms with Crippen LogP contribution in [-0.2, 0) is 0 Å². The second kappa shape index (κ2) is 6.98. The van der Waals surface area contributed by atoms with Crippen molar-refractivity contribution in [2.24, 2.45) is 0 Å². The van der Waals surface area contributed by atoms with E-state index in [4.69, 9.17) is 13.8 Å². The van der Waals surface area contributed by atoms with Gasteiger partial charge in [-0.1, -0.05) is 36.4 Å². The van der Waals surface area contributed by atoms with E-state index in [0.29, 0.717) is 23.2 Å². The topological polar surface area (TPSA) is 113 Å². The first kappa shape index (κ1) is 19.5. The van der Waals surface area contributed by atoms with Gasteiger partial charge in [-0.15, -0.1) is 0 Å². The van der Waals surface area contributed by atoms with E-state index in [1.165, 1.54) is 6.33 Å². The fourth-order valence-corrected chi connectivity index (χ4v) is 5.41. The van der Waals surface area contributed by atoms with Crippen LogP contribution in [0.2, 0.25) is 0 Å². The molecule has 0 spiro atoms. The molecule has 9 rings (SSSR count). The van der Waals surface area contributed by atoms with E-state index >= 15 is 0 Å². The Morgan fingerprint density at radius 3 is 1.84 bits per heavy atom. The number of furan rings is 2. The summed E-state index contributed by atoms with van der Waals surface area (Å²) < 4.78 is 16.4. The van der Waals surface area contributed by atoms with E-state index in [-0.39, 0.29) is 0 Å². The highest BCUT2D eigenvalue weighted by atomic mass is 16.3. The van der Waals surface area contributed by atoms with Gasteiger partial charge in [0, 0.05) is 23.0 Å². The van der Waals surface area contributed by atoms with E-state index in [1.54, 1.807) is 24.9 Å². The third kappa shape index (κ3) is 2.40. The summed E-state index contributed by atoms with van der Waals surface area (Å²) in [6.07, 6.45) is 8.31. The lowest BCUT2D eigenvalue weighted by Gasteiger charge is -2.08. The Morgan fingerprint density at radius 2 is 1.18 bits per heavy atom. The molecular weight excluding hydrogens is 480 g/mol. The van der Waals surface area contributed by atoms with Gasteiger partial charge >= 0.3 is 0 Å². The molecule has 7 heterocycles. The first-order chi connectivity index (χ1) is 18.9. The van der Waals surface area contributed by atoms with Gasteiger partial charge in [-0.3, -0.25) is 4.57 Å². The molecule has 178 valence electrons. The van der Waals surface area contributed by atoms with Crippen LogP contribution in [-0.4, -0.2) is 39.0 Å². The van der Waals surface area contributed by atoms with Crippen molar-refractivity contribution in [2.75, 3.05) is 0 Å². The maximum absolute atomic E-state index is 6.32. The summed E-state index contributed by atoms with van der Waals surface area (Å²) in [4.78, 5) is 27.3. The molecule has 0 unspecified atom stereocenters. The third-order valence-corrected chi connectivity index (χ3v) is 6.96. The number of rotatable bonds is 2. The molecular formula is C28H14N8O2. The molecule has 0 aliphatic carbocycles. The zero-order chi connectivity index (χ0) is 24.8. The maximum atomic E-state index is 6.32. The molecule has 7 aromatic heterocycles. The Hall–Kier alpha value is -5.64. The van der Waals surface area contributed by atoms with E-state index in [2.05, 4.69) is 24.9 Å². The van der Waals surface area contributed by atoms with Crippen molar-refractivity contribution in [1.29, 1.82) is 0 Å². The van der Waals surface area contributed by atoms with Crippen molar-refractivity contribution in [3.05, 3.63) is 85.8 Å². The monoisotopic (exact) mass is 494 g/mol. The maximum Gasteiger partial charge on any atom is 0.239 e. The van der Waals surface area contributed by atoms with E-state index in [9.17, 15) is 0 Å². The largest absolute Gasteiger partial charge is 0.439 e. The van der Waals surface area contributed by atoms with Crippen LogP contribution in [0.25, 0.3) is 78.0 Å². The van der Waals surface area contributed by atoms with Crippen molar-refractivity contribution in [2.45, 2.75) is 0 Å². The molecule has 9 aromatic rings. The second-order valence-electron chi connectivity index (χ2n) is 8.96. The predicted octanol–water partition coefficient (Wildman–Crippen LogP) is 5.74. The standard InChI is InChI=1S/C28H14N8O2/c1-3-7-19-15(5-1)22-24-17(11-29-13-32-24)35(26(22)37-19)21-9-10-31-28(34-21)36-18-12-30-14-33-25(18)23-16-6-2-4-8-20(16)38-27(23)36/h1-14H. The normalized spacial score (nSPS) is 12.2. The van der Waals surface area contributed by atoms with Gasteiger partial charge in [-0.25, -0.2) is 29.5 Å². The van der Waals surface area contributed by atoms with Crippen molar-refractivity contribution in [3.8, 4) is 11.8 Å². The van der Waals surface area contributed by atoms with Gasteiger partial charge in [0.1, 0.15) is 40.7 Å². The quantitative estimate of drug-likeness (QED) is 0.299. The van der Waals surface area contributed by atoms with E-state index in [1.807, 2.05) is 63.7 Å². The van der Waals surface area contributed by atoms with Gasteiger partial charge in [-0.05, 0) is 12.1 Å². The van der Waals surface area contributed by atoms with Crippen LogP contribution in [0, 0.1) is 0 Å². The van der Waals surface area contributed by atoms with Crippen molar-refractivity contribution in [3.63, 3.8) is 0 Å². The third-order valence-electron chi connectivity index (χ3n) is 6.96. The van der Waals surface area contributed by atoms with Crippen LogP contribution >= 0.6 is 0 Å². The summed E-state index contributed by atoms with van der Waals surface area (Å²) in [7, 11) is 0. The van der Waals surface area contributed by atoms with Crippen LogP contribution in [0.1, 0.15) is 0 Å². The van der Waals surface area contributed by atoms with Gasteiger partial charge in [0.2, 0.25) is 17.4 Å². The minimum Gasteiger partial charge on any atom is -0.439 e. The Bertz CT molecular complexity index is 2210. The summed E-state index contributed by atoms with van der Waals surface area (Å²) in [6.45, 7) is 0. The number of fused-ring (bicyclic) bond motifs is 10. The first-order valence-electron chi connectivity index (χ1n) is 11.9. The zero-order valence-corrected chi connectivity index (χ0v) is 19.5. The lowest BCUT2D eigenvalue weighted by atomic mass is 10.2. The molecule has 0 saturated carbocycles. The summed E-state index contributed by atoms with van der Waals surface area (Å²) in [5.41, 5.74) is 5.88. The fraction of sp³-hybridized carbons (Fsp3) is 0. The van der Waals surface area contributed by atoms with Crippen molar-refractivity contribution in [1.82, 2.24) is 39.0 Å². The zero-order valence-electron chi connectivity index (χ0n) is 19.5. The Kier molecular flexibility index (Phi) is 3.59. The molecule has 0 fully saturated rings. The van der Waals surface area contributed by atoms with Crippen LogP contribution < -0.4 is 0 Å². The Morgan fingerprint density at radius 1 is 0.605 bits per heavy atom. The lowest BCUT2D eigenvalue weighted by Crippen LogP contribution is -2.05. The van der Waals surface area contributed by atoms with Crippen molar-refractivity contribution < 1.29 is 8.83 Å². The number of aromatic nitrogens is 8. The molecule has 10 heteroatoms. The molecule has 0 aliphatic heterocycles. The Balaban J connectivity index is 1.37. The highest BCUT2D eigenvalue weighted by Crippen LogP contribution is 2.39. The van der Waals surface area contributed by atoms with Gasteiger partial charge in [-0.2, -0.15) is 4.98 Å².